The van der Waals surface area contributed by atoms with Crippen molar-refractivity contribution in [3.63, 3.8) is 0 Å². The molecule has 2 rings (SSSR count). The van der Waals surface area contributed by atoms with Crippen molar-refractivity contribution in [2.45, 2.75) is 39.3 Å². The minimum atomic E-state index is 0.105. The van der Waals surface area contributed by atoms with Gasteiger partial charge in [-0.25, -0.2) is 0 Å². The van der Waals surface area contributed by atoms with Gasteiger partial charge in [0.05, 0.1) is 11.4 Å². The number of nitrogens with zero attached hydrogens (tertiary/aromatic N) is 2. The van der Waals surface area contributed by atoms with Gasteiger partial charge in [0.15, 0.2) is 0 Å². The first-order valence-electron chi connectivity index (χ1n) is 7.14. The summed E-state index contributed by atoms with van der Waals surface area (Å²) in [6, 6.07) is 10.2. The second-order valence-electron chi connectivity index (χ2n) is 4.98. The van der Waals surface area contributed by atoms with E-state index < -0.39 is 0 Å². The first kappa shape index (κ1) is 14.6. The van der Waals surface area contributed by atoms with Gasteiger partial charge in [0, 0.05) is 13.1 Å². The molecule has 0 unspecified atom stereocenters. The quantitative estimate of drug-likeness (QED) is 0.880. The summed E-state index contributed by atoms with van der Waals surface area (Å²) >= 11 is 0. The van der Waals surface area contributed by atoms with Crippen LogP contribution in [0.5, 0.6) is 5.75 Å². The first-order valence-corrected chi connectivity index (χ1v) is 7.14. The highest BCUT2D eigenvalue weighted by atomic mass is 16.5. The molecule has 1 aromatic heterocycles. The number of hydrogen-bond donors (Lipinski definition) is 1. The lowest BCUT2D eigenvalue weighted by Gasteiger charge is -2.11. The topological polar surface area (TPSA) is 53.1 Å². The van der Waals surface area contributed by atoms with E-state index in [1.165, 1.54) is 0 Å². The van der Waals surface area contributed by atoms with E-state index in [2.05, 4.69) is 25.0 Å². The van der Waals surface area contributed by atoms with E-state index >= 15 is 0 Å². The molecule has 0 radical (unpaired) electrons. The Morgan fingerprint density at radius 2 is 1.95 bits per heavy atom. The van der Waals surface area contributed by atoms with E-state index in [0.29, 0.717) is 6.61 Å². The number of hydrogen-bond acceptors (Lipinski definition) is 3. The molecule has 0 bridgehead atoms. The van der Waals surface area contributed by atoms with Crippen molar-refractivity contribution >= 4 is 0 Å². The van der Waals surface area contributed by atoms with Gasteiger partial charge in [-0.3, -0.25) is 4.68 Å². The standard InChI is InChI=1S/C16H23N3O/c1-4-13-10-14(19(3)18-13)11-20-15-8-6-12(7-9-15)16(17)5-2/h6-10,16H,4-5,11,17H2,1-3H3/t16-/m1/s1. The molecule has 0 aliphatic rings. The fraction of sp³-hybridized carbons (Fsp3) is 0.438. The molecule has 0 amide bonds. The molecule has 0 saturated carbocycles. The van der Waals surface area contributed by atoms with E-state index in [9.17, 15) is 0 Å². The maximum Gasteiger partial charge on any atom is 0.130 e. The SMILES string of the molecule is CCc1cc(COc2ccc([C@H](N)CC)cc2)n(C)n1. The maximum atomic E-state index is 5.99. The minimum Gasteiger partial charge on any atom is -0.487 e. The average molecular weight is 273 g/mol. The highest BCUT2D eigenvalue weighted by molar-refractivity contribution is 5.29. The second-order valence-corrected chi connectivity index (χ2v) is 4.98. The molecule has 0 saturated heterocycles. The molecule has 108 valence electrons. The van der Waals surface area contributed by atoms with Crippen LogP contribution in [0.3, 0.4) is 0 Å². The molecule has 0 aliphatic heterocycles. The zero-order valence-electron chi connectivity index (χ0n) is 12.5. The molecular weight excluding hydrogens is 250 g/mol. The molecule has 2 aromatic rings. The van der Waals surface area contributed by atoms with Gasteiger partial charge in [-0.2, -0.15) is 5.10 Å². The van der Waals surface area contributed by atoms with Crippen molar-refractivity contribution in [2.24, 2.45) is 12.8 Å². The minimum absolute atomic E-state index is 0.105. The highest BCUT2D eigenvalue weighted by Gasteiger charge is 2.06. The number of rotatable bonds is 6. The monoisotopic (exact) mass is 273 g/mol. The largest absolute Gasteiger partial charge is 0.487 e. The molecule has 0 aliphatic carbocycles. The summed E-state index contributed by atoms with van der Waals surface area (Å²) in [5, 5.41) is 4.41. The predicted octanol–water partition coefficient (Wildman–Crippen LogP) is 2.97. The molecular formula is C16H23N3O. The van der Waals surface area contributed by atoms with Gasteiger partial charge in [-0.05, 0) is 36.6 Å². The average Bonchev–Trinajstić information content (AvgIpc) is 2.85. The van der Waals surface area contributed by atoms with E-state index in [0.717, 1.165) is 35.5 Å². The van der Waals surface area contributed by atoms with Crippen LogP contribution in [0.15, 0.2) is 30.3 Å². The molecule has 0 fully saturated rings. The Hall–Kier alpha value is -1.81. The van der Waals surface area contributed by atoms with Crippen molar-refractivity contribution in [3.05, 3.63) is 47.3 Å². The lowest BCUT2D eigenvalue weighted by Crippen LogP contribution is -2.08. The van der Waals surface area contributed by atoms with Gasteiger partial charge in [0.2, 0.25) is 0 Å². The van der Waals surface area contributed by atoms with Crippen LogP contribution in [0.2, 0.25) is 0 Å². The van der Waals surface area contributed by atoms with Gasteiger partial charge < -0.3 is 10.5 Å². The zero-order chi connectivity index (χ0) is 14.5. The summed E-state index contributed by atoms with van der Waals surface area (Å²) in [6.45, 7) is 4.72. The highest BCUT2D eigenvalue weighted by Crippen LogP contribution is 2.19. The fourth-order valence-corrected chi connectivity index (χ4v) is 2.08. The predicted molar refractivity (Wildman–Crippen MR) is 80.6 cm³/mol. The first-order chi connectivity index (χ1) is 9.63. The van der Waals surface area contributed by atoms with Gasteiger partial charge in [0.25, 0.3) is 0 Å². The molecule has 1 aromatic carbocycles. The van der Waals surface area contributed by atoms with Crippen LogP contribution in [0, 0.1) is 0 Å². The molecule has 0 spiro atoms. The molecule has 1 atom stereocenters. The molecule has 1 heterocycles. The third kappa shape index (κ3) is 3.39. The third-order valence-corrected chi connectivity index (χ3v) is 3.52. The Balaban J connectivity index is 1.98. The van der Waals surface area contributed by atoms with Gasteiger partial charge in [-0.15, -0.1) is 0 Å². The Bertz CT molecular complexity index is 545. The fourth-order valence-electron chi connectivity index (χ4n) is 2.08. The smallest absolute Gasteiger partial charge is 0.130 e. The summed E-state index contributed by atoms with van der Waals surface area (Å²) in [6.07, 6.45) is 1.88. The lowest BCUT2D eigenvalue weighted by atomic mass is 10.1. The summed E-state index contributed by atoms with van der Waals surface area (Å²) < 4.78 is 7.67. The van der Waals surface area contributed by atoms with Crippen LogP contribution in [-0.4, -0.2) is 9.78 Å². The third-order valence-electron chi connectivity index (χ3n) is 3.52. The molecule has 4 nitrogen and oxygen atoms in total. The van der Waals surface area contributed by atoms with Gasteiger partial charge in [-0.1, -0.05) is 26.0 Å². The van der Waals surface area contributed by atoms with E-state index in [-0.39, 0.29) is 6.04 Å². The Morgan fingerprint density at radius 1 is 1.25 bits per heavy atom. The number of aromatic nitrogens is 2. The Kier molecular flexibility index (Phi) is 4.79. The van der Waals surface area contributed by atoms with Crippen molar-refractivity contribution in [2.75, 3.05) is 0 Å². The number of ether oxygens (including phenoxy) is 1. The van der Waals surface area contributed by atoms with Crippen molar-refractivity contribution in [3.8, 4) is 5.75 Å². The van der Waals surface area contributed by atoms with Crippen LogP contribution in [-0.2, 0) is 20.1 Å². The van der Waals surface area contributed by atoms with Crippen molar-refractivity contribution < 1.29 is 4.74 Å². The normalized spacial score (nSPS) is 12.4. The van der Waals surface area contributed by atoms with Crippen LogP contribution >= 0.6 is 0 Å². The van der Waals surface area contributed by atoms with Gasteiger partial charge >= 0.3 is 0 Å². The zero-order valence-corrected chi connectivity index (χ0v) is 12.5. The summed E-state index contributed by atoms with van der Waals surface area (Å²) in [5.41, 5.74) is 9.31. The Labute approximate surface area is 120 Å². The van der Waals surface area contributed by atoms with Crippen LogP contribution in [0.4, 0.5) is 0 Å². The molecule has 2 N–H and O–H groups in total. The lowest BCUT2D eigenvalue weighted by molar-refractivity contribution is 0.294. The van der Waals surface area contributed by atoms with Crippen molar-refractivity contribution in [1.29, 1.82) is 0 Å². The van der Waals surface area contributed by atoms with E-state index in [1.807, 2.05) is 36.0 Å². The summed E-state index contributed by atoms with van der Waals surface area (Å²) in [7, 11) is 1.95. The molecule has 4 heteroatoms. The van der Waals surface area contributed by atoms with E-state index in [4.69, 9.17) is 10.5 Å². The van der Waals surface area contributed by atoms with Crippen LogP contribution in [0.25, 0.3) is 0 Å². The summed E-state index contributed by atoms with van der Waals surface area (Å²) in [5.74, 6) is 0.858. The Morgan fingerprint density at radius 3 is 2.50 bits per heavy atom. The second kappa shape index (κ2) is 6.57. The van der Waals surface area contributed by atoms with E-state index in [1.54, 1.807) is 0 Å². The van der Waals surface area contributed by atoms with Gasteiger partial charge in [0.1, 0.15) is 12.4 Å². The maximum absolute atomic E-state index is 5.99. The number of benzene rings is 1. The number of aryl methyl sites for hydroxylation is 2. The number of nitrogens with two attached hydrogens (primary N) is 1. The van der Waals surface area contributed by atoms with Crippen LogP contribution in [0.1, 0.15) is 43.3 Å². The summed E-state index contributed by atoms with van der Waals surface area (Å²) in [4.78, 5) is 0. The molecule has 20 heavy (non-hydrogen) atoms. The van der Waals surface area contributed by atoms with Crippen LogP contribution < -0.4 is 10.5 Å². The van der Waals surface area contributed by atoms with Crippen molar-refractivity contribution in [1.82, 2.24) is 9.78 Å².